The van der Waals surface area contributed by atoms with Crippen molar-refractivity contribution in [2.45, 2.75) is 63.1 Å². The third-order valence-electron chi connectivity index (χ3n) is 7.04. The van der Waals surface area contributed by atoms with Crippen molar-refractivity contribution in [2.24, 2.45) is 5.92 Å². The first-order valence-electron chi connectivity index (χ1n) is 11.8. The van der Waals surface area contributed by atoms with Crippen LogP contribution in [0.1, 0.15) is 42.9 Å². The van der Waals surface area contributed by atoms with Crippen molar-refractivity contribution in [1.82, 2.24) is 5.32 Å². The van der Waals surface area contributed by atoms with E-state index in [-0.39, 0.29) is 54.7 Å². The van der Waals surface area contributed by atoms with E-state index in [9.17, 15) is 19.1 Å². The summed E-state index contributed by atoms with van der Waals surface area (Å²) in [7, 11) is 0. The van der Waals surface area contributed by atoms with Crippen LogP contribution in [0.3, 0.4) is 0 Å². The molecule has 2 bridgehead atoms. The fraction of sp³-hybridized carbons (Fsp3) is 0.462. The fourth-order valence-corrected chi connectivity index (χ4v) is 5.33. The molecule has 0 radical (unpaired) electrons. The maximum atomic E-state index is 13.6. The van der Waals surface area contributed by atoms with Crippen LogP contribution in [0.2, 0.25) is 5.02 Å². The number of ketones is 1. The van der Waals surface area contributed by atoms with Gasteiger partial charge in [0.15, 0.2) is 11.9 Å². The lowest BCUT2D eigenvalue weighted by molar-refractivity contribution is -0.131. The Kier molecular flexibility index (Phi) is 6.70. The number of benzene rings is 2. The van der Waals surface area contributed by atoms with Gasteiger partial charge in [0.2, 0.25) is 0 Å². The quantitative estimate of drug-likeness (QED) is 0.599. The van der Waals surface area contributed by atoms with E-state index in [1.807, 2.05) is 0 Å². The summed E-state index contributed by atoms with van der Waals surface area (Å²) in [6.07, 6.45) is -0.204. The van der Waals surface area contributed by atoms with Crippen molar-refractivity contribution >= 4 is 23.3 Å². The summed E-state index contributed by atoms with van der Waals surface area (Å²) < 4.78 is 30.9. The highest BCUT2D eigenvalue weighted by molar-refractivity contribution is 6.30. The molecule has 2 N–H and O–H groups in total. The molecule has 0 aromatic heterocycles. The molecule has 0 spiro atoms. The molecule has 35 heavy (non-hydrogen) atoms. The number of hydrogen-bond acceptors (Lipinski definition) is 6. The summed E-state index contributed by atoms with van der Waals surface area (Å²) in [5.41, 5.74) is 1.10. The van der Waals surface area contributed by atoms with E-state index in [0.29, 0.717) is 46.9 Å². The molecule has 2 fully saturated rings. The smallest absolute Gasteiger partial charge is 0.261 e. The van der Waals surface area contributed by atoms with Gasteiger partial charge < -0.3 is 24.6 Å². The summed E-state index contributed by atoms with van der Waals surface area (Å²) >= 11 is 5.99. The highest BCUT2D eigenvalue weighted by Crippen LogP contribution is 2.41. The molecule has 0 unspecified atom stereocenters. The number of carbonyl (C=O) groups is 2. The minimum Gasteiger partial charge on any atom is -0.486 e. The van der Waals surface area contributed by atoms with Gasteiger partial charge in [-0.2, -0.15) is 0 Å². The zero-order chi connectivity index (χ0) is 24.7. The van der Waals surface area contributed by atoms with E-state index in [1.165, 1.54) is 6.07 Å². The van der Waals surface area contributed by atoms with Gasteiger partial charge in [-0.3, -0.25) is 9.59 Å². The Morgan fingerprint density at radius 3 is 2.74 bits per heavy atom. The van der Waals surface area contributed by atoms with E-state index in [0.717, 1.165) is 0 Å². The lowest BCUT2D eigenvalue weighted by atomic mass is 9.83. The number of fused-ring (bicyclic) bond motifs is 3. The van der Waals surface area contributed by atoms with Gasteiger partial charge in [0.05, 0.1) is 24.4 Å². The van der Waals surface area contributed by atoms with Gasteiger partial charge in [-0.15, -0.1) is 0 Å². The van der Waals surface area contributed by atoms with Gasteiger partial charge in [-0.25, -0.2) is 4.39 Å². The second-order valence-corrected chi connectivity index (χ2v) is 9.98. The van der Waals surface area contributed by atoms with Gasteiger partial charge in [0.1, 0.15) is 23.9 Å². The predicted molar refractivity (Wildman–Crippen MR) is 125 cm³/mol. The van der Waals surface area contributed by atoms with Crippen LogP contribution in [0.15, 0.2) is 36.4 Å². The van der Waals surface area contributed by atoms with Gasteiger partial charge in [0.25, 0.3) is 5.91 Å². The van der Waals surface area contributed by atoms with E-state index in [2.05, 4.69) is 5.32 Å². The summed E-state index contributed by atoms with van der Waals surface area (Å²) in [6, 6.07) is 9.32. The normalized spacial score (nSPS) is 28.8. The second kappa shape index (κ2) is 9.76. The monoisotopic (exact) mass is 503 g/mol. The van der Waals surface area contributed by atoms with E-state index >= 15 is 0 Å². The molecule has 7 nitrogen and oxygen atoms in total. The molecular weight excluding hydrogens is 477 g/mol. The molecule has 2 aromatic rings. The summed E-state index contributed by atoms with van der Waals surface area (Å²) in [6.45, 7) is 1.54. The molecule has 1 amide bonds. The number of aliphatic hydroxyl groups excluding tert-OH is 1. The Hall–Kier alpha value is -2.68. The van der Waals surface area contributed by atoms with Crippen LogP contribution >= 0.6 is 11.6 Å². The number of nitrogens with one attached hydrogen (secondary N) is 1. The van der Waals surface area contributed by atoms with Crippen LogP contribution in [-0.4, -0.2) is 47.8 Å². The van der Waals surface area contributed by atoms with E-state index < -0.39 is 12.2 Å². The Morgan fingerprint density at radius 1 is 1.17 bits per heavy atom. The number of carbonyl (C=O) groups excluding carboxylic acids is 2. The van der Waals surface area contributed by atoms with Crippen molar-refractivity contribution in [3.63, 3.8) is 0 Å². The first kappa shape index (κ1) is 24.0. The minimum atomic E-state index is -0.835. The molecular formula is C26H27ClFNO6. The molecule has 9 heteroatoms. The van der Waals surface area contributed by atoms with E-state index in [4.69, 9.17) is 25.8 Å². The Balaban J connectivity index is 1.09. The zero-order valence-electron chi connectivity index (χ0n) is 19.2. The highest BCUT2D eigenvalue weighted by Gasteiger charge is 2.48. The number of hydrogen-bond donors (Lipinski definition) is 2. The van der Waals surface area contributed by atoms with E-state index in [1.54, 1.807) is 37.3 Å². The number of Topliss-reactive ketones (excluding diaryl/α,β-unsaturated/α-hetero) is 1. The third-order valence-corrected chi connectivity index (χ3v) is 7.27. The van der Waals surface area contributed by atoms with Crippen LogP contribution in [-0.2, 0) is 14.3 Å². The zero-order valence-corrected chi connectivity index (χ0v) is 20.0. The van der Waals surface area contributed by atoms with Crippen LogP contribution in [0, 0.1) is 18.7 Å². The van der Waals surface area contributed by atoms with Gasteiger partial charge in [0, 0.05) is 29.5 Å². The van der Waals surface area contributed by atoms with Gasteiger partial charge in [-0.1, -0.05) is 17.7 Å². The van der Waals surface area contributed by atoms with Gasteiger partial charge >= 0.3 is 0 Å². The number of aliphatic hydroxyl groups is 1. The van der Waals surface area contributed by atoms with Crippen LogP contribution in [0.5, 0.6) is 11.5 Å². The number of ether oxygens (including phenoxy) is 3. The Labute approximate surface area is 207 Å². The standard InChI is InChI=1S/C26H27ClFNO6/c1-13-2-4-17(9-19(13)28)33-12-16(30)6-14-7-24-20(10-23(14)35-24)29-26(32)25-11-21(31)18-8-15(27)3-5-22(18)34-25/h2-5,8-9,14,20-21,23-25,31H,6-7,10-12H2,1H3,(H,29,32)/t14-,20-,21-,23+,24+,25+/m1/s1. The summed E-state index contributed by atoms with van der Waals surface area (Å²) in [4.78, 5) is 25.3. The molecule has 186 valence electrons. The van der Waals surface area contributed by atoms with Crippen molar-refractivity contribution < 1.29 is 33.3 Å². The lowest BCUT2D eigenvalue weighted by Crippen LogP contribution is -2.49. The van der Waals surface area contributed by atoms with Gasteiger partial charge in [-0.05, 0) is 55.5 Å². The maximum Gasteiger partial charge on any atom is 0.261 e. The SMILES string of the molecule is Cc1ccc(OCC(=O)C[C@@H]2C[C@@H]3O[C@H]2C[C@H]3NC(=O)[C@@H]2C[C@@H](O)c3cc(Cl)ccc3O2)cc1F. The number of amides is 1. The summed E-state index contributed by atoms with van der Waals surface area (Å²) in [5.74, 6) is 0.101. The first-order chi connectivity index (χ1) is 16.8. The van der Waals surface area contributed by atoms with Crippen LogP contribution in [0.25, 0.3) is 0 Å². The molecule has 0 saturated carbocycles. The predicted octanol–water partition coefficient (Wildman–Crippen LogP) is 3.67. The molecule has 3 aliphatic heterocycles. The molecule has 6 atom stereocenters. The van der Waals surface area contributed by atoms with Crippen molar-refractivity contribution in [3.05, 3.63) is 58.4 Å². The maximum absolute atomic E-state index is 13.6. The third kappa shape index (κ3) is 5.15. The summed E-state index contributed by atoms with van der Waals surface area (Å²) in [5, 5.41) is 13.9. The molecule has 3 heterocycles. The average molecular weight is 504 g/mol. The van der Waals surface area contributed by atoms with Crippen molar-refractivity contribution in [2.75, 3.05) is 6.61 Å². The van der Waals surface area contributed by atoms with Crippen molar-refractivity contribution in [3.8, 4) is 11.5 Å². The van der Waals surface area contributed by atoms with Crippen LogP contribution < -0.4 is 14.8 Å². The molecule has 5 rings (SSSR count). The lowest BCUT2D eigenvalue weighted by Gasteiger charge is -2.31. The molecule has 2 saturated heterocycles. The Morgan fingerprint density at radius 2 is 2.00 bits per heavy atom. The minimum absolute atomic E-state index is 0.0587. The number of halogens is 2. The topological polar surface area (TPSA) is 94.1 Å². The molecule has 0 aliphatic carbocycles. The molecule has 2 aromatic carbocycles. The van der Waals surface area contributed by atoms with Crippen molar-refractivity contribution in [1.29, 1.82) is 0 Å². The average Bonchev–Trinajstić information content (AvgIpc) is 3.40. The fourth-order valence-electron chi connectivity index (χ4n) is 5.15. The molecule has 3 aliphatic rings. The largest absolute Gasteiger partial charge is 0.486 e. The van der Waals surface area contributed by atoms with Crippen LogP contribution in [0.4, 0.5) is 4.39 Å². The number of rotatable bonds is 7. The Bertz CT molecular complexity index is 1140. The highest BCUT2D eigenvalue weighted by atomic mass is 35.5. The second-order valence-electron chi connectivity index (χ2n) is 9.54. The number of aryl methyl sites for hydroxylation is 1. The first-order valence-corrected chi connectivity index (χ1v) is 12.2.